The first-order valence-corrected chi connectivity index (χ1v) is 20.5. The number of ether oxygens (including phenoxy) is 3. The number of hydrogen-bond donors (Lipinski definition) is 1. The summed E-state index contributed by atoms with van der Waals surface area (Å²) in [6.45, 7) is 7.77. The molecule has 1 aliphatic carbocycles. The van der Waals surface area contributed by atoms with Crippen LogP contribution in [-0.2, 0) is 32.1 Å². The van der Waals surface area contributed by atoms with E-state index >= 15 is 17.6 Å². The minimum Gasteiger partial charge on any atom is -0.497 e. The van der Waals surface area contributed by atoms with Gasteiger partial charge in [0.1, 0.15) is 23.9 Å². The third-order valence-corrected chi connectivity index (χ3v) is 12.5. The molecule has 7 rings (SSSR count). The number of halogens is 4. The molecule has 0 saturated carbocycles. The van der Waals surface area contributed by atoms with E-state index in [9.17, 15) is 9.90 Å². The van der Waals surface area contributed by atoms with E-state index in [1.54, 1.807) is 43.4 Å². The van der Waals surface area contributed by atoms with Crippen LogP contribution in [0.25, 0.3) is 0 Å². The van der Waals surface area contributed by atoms with E-state index in [4.69, 9.17) is 24.2 Å². The average molecular weight is 835 g/mol. The molecule has 2 fully saturated rings. The van der Waals surface area contributed by atoms with Crippen LogP contribution < -0.4 is 24.0 Å². The molecule has 15 heteroatoms. The maximum Gasteiger partial charge on any atom is 0.417 e. The Morgan fingerprint density at radius 2 is 1.57 bits per heavy atom. The molecule has 3 aliphatic rings. The second-order valence-corrected chi connectivity index (χ2v) is 16.5. The van der Waals surface area contributed by atoms with Gasteiger partial charge in [-0.3, -0.25) is 0 Å². The molecule has 0 unspecified atom stereocenters. The lowest BCUT2D eigenvalue weighted by Crippen LogP contribution is -2.54. The molecule has 2 aliphatic heterocycles. The second-order valence-electron chi connectivity index (χ2n) is 16.5. The number of piperazine rings is 1. The zero-order valence-corrected chi connectivity index (χ0v) is 35.1. The third-order valence-electron chi connectivity index (χ3n) is 12.5. The molecular formula is C45H54F4N6O5. The predicted molar refractivity (Wildman–Crippen MR) is 221 cm³/mol. The lowest BCUT2D eigenvalue weighted by molar-refractivity contribution is -0.139. The monoisotopic (exact) mass is 834 g/mol. The van der Waals surface area contributed by atoms with Crippen LogP contribution in [0.4, 0.5) is 33.9 Å². The quantitative estimate of drug-likeness (QED) is 0.140. The number of aromatic nitrogens is 2. The van der Waals surface area contributed by atoms with Gasteiger partial charge in [-0.1, -0.05) is 31.2 Å². The Kier molecular flexibility index (Phi) is 12.6. The van der Waals surface area contributed by atoms with Crippen LogP contribution >= 0.6 is 0 Å². The van der Waals surface area contributed by atoms with Gasteiger partial charge in [-0.05, 0) is 112 Å². The molecular weight excluding hydrogens is 781 g/mol. The minimum atomic E-state index is -4.84. The van der Waals surface area contributed by atoms with Crippen molar-refractivity contribution in [3.8, 4) is 17.5 Å². The van der Waals surface area contributed by atoms with Crippen LogP contribution in [0.3, 0.4) is 0 Å². The summed E-state index contributed by atoms with van der Waals surface area (Å²) >= 11 is 0. The van der Waals surface area contributed by atoms with Crippen LogP contribution in [0.1, 0.15) is 71.7 Å². The number of nitrogens with zero attached hydrogens (tertiary/aromatic N) is 6. The summed E-state index contributed by atoms with van der Waals surface area (Å²) in [6, 6.07) is 16.0. The number of aryl methyl sites for hydroxylation is 1. The standard InChI is InChI=1S/C45H54F4N6O5/c1-27-20-36-37(50-43(60-26-32-8-7-17-52(32)4)51-42(36)55-19-18-53(44(56)57)23-29(55)3)22-35(27)39-40(45(47,48)49)28(2)21-38(41(39)46)54(24-30-9-13-33(58-5)14-10-30)25-31-11-15-34(59-6)16-12-31/h9-16,21,27,29,32,35H,7-8,17-20,22-26H2,1-6H3,(H,56,57)/t27-,29+,32+,35+/m1/s1. The lowest BCUT2D eigenvalue weighted by atomic mass is 9.73. The van der Waals surface area contributed by atoms with Crippen molar-refractivity contribution in [3.63, 3.8) is 0 Å². The summed E-state index contributed by atoms with van der Waals surface area (Å²) in [7, 11) is 5.17. The fraction of sp³-hybridized carbons (Fsp3) is 0.489. The van der Waals surface area contributed by atoms with E-state index in [1.807, 2.05) is 50.1 Å². The zero-order chi connectivity index (χ0) is 42.9. The SMILES string of the molecule is COc1ccc(CN(Cc2ccc(OC)cc2)c2cc(C)c(C(F)(F)F)c([C@H]3Cc4nc(OC[C@@H]5CCCN5C)nc(N5CCN(C(=O)O)C[C@@H]5C)c4C[C@H]3C)c2F)cc1. The van der Waals surface area contributed by atoms with Gasteiger partial charge in [-0.2, -0.15) is 23.1 Å². The van der Waals surface area contributed by atoms with Gasteiger partial charge < -0.3 is 38.9 Å². The molecule has 3 heterocycles. The summed E-state index contributed by atoms with van der Waals surface area (Å²) in [5.41, 5.74) is 1.58. The smallest absolute Gasteiger partial charge is 0.417 e. The molecule has 0 spiro atoms. The van der Waals surface area contributed by atoms with E-state index in [-0.39, 0.29) is 73.9 Å². The normalized spacial score (nSPS) is 20.8. The Balaban J connectivity index is 1.32. The Morgan fingerprint density at radius 3 is 2.10 bits per heavy atom. The van der Waals surface area contributed by atoms with Crippen LogP contribution in [0.15, 0.2) is 54.6 Å². The number of methoxy groups -OCH3 is 2. The Hall–Kier alpha value is -5.31. The van der Waals surface area contributed by atoms with Gasteiger partial charge in [0.15, 0.2) is 5.82 Å². The topological polar surface area (TPSA) is 104 Å². The van der Waals surface area contributed by atoms with Crippen molar-refractivity contribution in [3.05, 3.63) is 99.5 Å². The number of fused-ring (bicyclic) bond motifs is 1. The Bertz CT molecular complexity index is 2100. The van der Waals surface area contributed by atoms with Crippen molar-refractivity contribution in [2.45, 2.75) is 83.7 Å². The first-order valence-electron chi connectivity index (χ1n) is 20.5. The number of carboxylic acid groups (broad SMARTS) is 1. The first-order chi connectivity index (χ1) is 28.6. The fourth-order valence-electron chi connectivity index (χ4n) is 9.13. The summed E-state index contributed by atoms with van der Waals surface area (Å²) < 4.78 is 80.6. The number of amides is 1. The van der Waals surface area contributed by atoms with Crippen molar-refractivity contribution in [2.75, 3.05) is 63.9 Å². The maximum atomic E-state index is 17.7. The second kappa shape index (κ2) is 17.7. The van der Waals surface area contributed by atoms with E-state index in [1.165, 1.54) is 17.9 Å². The van der Waals surface area contributed by atoms with Crippen molar-refractivity contribution in [1.29, 1.82) is 0 Å². The molecule has 4 aromatic rings. The molecule has 0 bridgehead atoms. The molecule has 322 valence electrons. The van der Waals surface area contributed by atoms with Gasteiger partial charge in [0.05, 0.1) is 31.2 Å². The summed E-state index contributed by atoms with van der Waals surface area (Å²) in [5.74, 6) is -0.373. The largest absolute Gasteiger partial charge is 0.497 e. The molecule has 4 atom stereocenters. The molecule has 60 heavy (non-hydrogen) atoms. The lowest BCUT2D eigenvalue weighted by Gasteiger charge is -2.42. The fourth-order valence-corrected chi connectivity index (χ4v) is 9.13. The highest BCUT2D eigenvalue weighted by Gasteiger charge is 2.44. The van der Waals surface area contributed by atoms with Crippen LogP contribution in [0.5, 0.6) is 17.5 Å². The van der Waals surface area contributed by atoms with Gasteiger partial charge in [-0.25, -0.2) is 9.18 Å². The molecule has 3 aromatic carbocycles. The number of alkyl halides is 3. The summed E-state index contributed by atoms with van der Waals surface area (Å²) in [4.78, 5) is 29.0. The minimum absolute atomic E-state index is 0.0229. The highest BCUT2D eigenvalue weighted by atomic mass is 19.4. The molecule has 1 aromatic heterocycles. The third kappa shape index (κ3) is 9.05. The predicted octanol–water partition coefficient (Wildman–Crippen LogP) is 8.35. The number of benzene rings is 3. The van der Waals surface area contributed by atoms with E-state index in [2.05, 4.69) is 4.90 Å². The molecule has 1 amide bonds. The van der Waals surface area contributed by atoms with Crippen LogP contribution in [0.2, 0.25) is 0 Å². The van der Waals surface area contributed by atoms with Crippen molar-refractivity contribution in [1.82, 2.24) is 19.8 Å². The number of likely N-dealkylation sites (N-methyl/N-ethyl adjacent to an activating group) is 1. The van der Waals surface area contributed by atoms with Gasteiger partial charge >= 0.3 is 18.3 Å². The molecule has 11 nitrogen and oxygen atoms in total. The molecule has 2 saturated heterocycles. The van der Waals surface area contributed by atoms with Crippen molar-refractivity contribution >= 4 is 17.6 Å². The summed E-state index contributed by atoms with van der Waals surface area (Å²) in [5, 5.41) is 9.71. The maximum absolute atomic E-state index is 17.7. The highest BCUT2D eigenvalue weighted by Crippen LogP contribution is 2.48. The highest BCUT2D eigenvalue weighted by molar-refractivity contribution is 5.66. The van der Waals surface area contributed by atoms with Gasteiger partial charge in [0, 0.05) is 55.9 Å². The van der Waals surface area contributed by atoms with Gasteiger partial charge in [-0.15, -0.1) is 0 Å². The molecule has 0 radical (unpaired) electrons. The van der Waals surface area contributed by atoms with Crippen LogP contribution in [-0.4, -0.2) is 97.1 Å². The van der Waals surface area contributed by atoms with Crippen LogP contribution in [0, 0.1) is 18.7 Å². The van der Waals surface area contributed by atoms with E-state index in [0.717, 1.165) is 36.1 Å². The van der Waals surface area contributed by atoms with Crippen molar-refractivity contribution < 1.29 is 41.7 Å². The average Bonchev–Trinajstić information content (AvgIpc) is 3.64. The Labute approximate surface area is 348 Å². The van der Waals surface area contributed by atoms with Gasteiger partial charge in [0.25, 0.3) is 0 Å². The number of carbonyl (C=O) groups is 1. The first kappa shape index (κ1) is 42.8. The number of likely N-dealkylation sites (tertiary alicyclic amines) is 1. The number of hydrogen-bond acceptors (Lipinski definition) is 9. The number of rotatable bonds is 12. The van der Waals surface area contributed by atoms with E-state index in [0.29, 0.717) is 36.2 Å². The van der Waals surface area contributed by atoms with Crippen molar-refractivity contribution in [2.24, 2.45) is 5.92 Å². The number of anilines is 2. The van der Waals surface area contributed by atoms with E-state index < -0.39 is 35.5 Å². The zero-order valence-electron chi connectivity index (χ0n) is 35.1. The molecule has 1 N–H and O–H groups in total. The van der Waals surface area contributed by atoms with Gasteiger partial charge in [0.2, 0.25) is 0 Å². The summed E-state index contributed by atoms with van der Waals surface area (Å²) in [6.07, 6.45) is -3.55. The Morgan fingerprint density at radius 1 is 0.933 bits per heavy atom.